The van der Waals surface area contributed by atoms with Crippen LogP contribution in [0.4, 0.5) is 4.79 Å². The van der Waals surface area contributed by atoms with Crippen molar-refractivity contribution in [2.24, 2.45) is 0 Å². The highest BCUT2D eigenvalue weighted by Gasteiger charge is 2.25. The maximum absolute atomic E-state index is 11.6. The molecule has 98 valence electrons. The van der Waals surface area contributed by atoms with Crippen molar-refractivity contribution in [1.82, 2.24) is 10.6 Å². The van der Waals surface area contributed by atoms with Crippen LogP contribution in [0.2, 0.25) is 0 Å². The molecule has 1 aliphatic rings. The summed E-state index contributed by atoms with van der Waals surface area (Å²) in [5.41, 5.74) is 0. The third-order valence-corrected chi connectivity index (χ3v) is 4.01. The molecule has 6 heteroatoms. The lowest BCUT2D eigenvalue weighted by Gasteiger charge is -2.16. The van der Waals surface area contributed by atoms with Gasteiger partial charge in [0.15, 0.2) is 0 Å². The minimum atomic E-state index is -0.902. The van der Waals surface area contributed by atoms with E-state index in [4.69, 9.17) is 5.11 Å². The number of rotatable bonds is 5. The molecule has 0 aliphatic heterocycles. The third kappa shape index (κ3) is 5.30. The van der Waals surface area contributed by atoms with Gasteiger partial charge in [0, 0.05) is 17.3 Å². The number of amides is 2. The van der Waals surface area contributed by atoms with Crippen LogP contribution in [0.1, 0.15) is 32.6 Å². The predicted molar refractivity (Wildman–Crippen MR) is 68.3 cm³/mol. The Morgan fingerprint density at radius 2 is 2.18 bits per heavy atom. The Kier molecular flexibility index (Phi) is 5.61. The first kappa shape index (κ1) is 14.2. The predicted octanol–water partition coefficient (Wildman–Crippen LogP) is 1.43. The molecular formula is C11H20N2O3S. The fraction of sp³-hybridized carbons (Fsp3) is 0.818. The van der Waals surface area contributed by atoms with Crippen molar-refractivity contribution in [2.45, 2.75) is 49.9 Å². The zero-order chi connectivity index (χ0) is 12.8. The molecular weight excluding hydrogens is 240 g/mol. The summed E-state index contributed by atoms with van der Waals surface area (Å²) in [7, 11) is 0. The standard InChI is InChI=1S/C11H20N2O3S/c1-7(5-10(14)15)12-11(16)13-8-3-4-9(6-8)17-2/h7-9H,3-6H2,1-2H3,(H,14,15)(H2,12,13,16). The number of aliphatic carboxylic acids is 1. The Bertz CT molecular complexity index is 286. The first-order chi connectivity index (χ1) is 8.01. The van der Waals surface area contributed by atoms with Gasteiger partial charge < -0.3 is 15.7 Å². The monoisotopic (exact) mass is 260 g/mol. The molecule has 0 aromatic heterocycles. The lowest BCUT2D eigenvalue weighted by Crippen LogP contribution is -2.45. The van der Waals surface area contributed by atoms with E-state index in [9.17, 15) is 9.59 Å². The molecule has 0 aromatic rings. The highest BCUT2D eigenvalue weighted by Crippen LogP contribution is 2.27. The summed E-state index contributed by atoms with van der Waals surface area (Å²) < 4.78 is 0. The van der Waals surface area contributed by atoms with E-state index in [2.05, 4.69) is 16.9 Å². The first-order valence-corrected chi connectivity index (χ1v) is 7.11. The zero-order valence-corrected chi connectivity index (χ0v) is 11.0. The molecule has 0 saturated heterocycles. The molecule has 0 heterocycles. The number of carboxylic acids is 1. The SMILES string of the molecule is CSC1CCC(NC(=O)NC(C)CC(=O)O)C1. The molecule has 0 spiro atoms. The molecule has 0 radical (unpaired) electrons. The van der Waals surface area contributed by atoms with Gasteiger partial charge in [0.05, 0.1) is 6.42 Å². The Labute approximate surface area is 106 Å². The molecule has 3 unspecified atom stereocenters. The molecule has 0 bridgehead atoms. The van der Waals surface area contributed by atoms with Crippen molar-refractivity contribution in [3.05, 3.63) is 0 Å². The Balaban J connectivity index is 2.23. The molecule has 17 heavy (non-hydrogen) atoms. The number of hydrogen-bond acceptors (Lipinski definition) is 3. The summed E-state index contributed by atoms with van der Waals surface area (Å²) in [5.74, 6) is -0.902. The molecule has 5 nitrogen and oxygen atoms in total. The van der Waals surface area contributed by atoms with Crippen LogP contribution in [0.3, 0.4) is 0 Å². The second-order valence-electron chi connectivity index (χ2n) is 4.48. The zero-order valence-electron chi connectivity index (χ0n) is 10.2. The summed E-state index contributed by atoms with van der Waals surface area (Å²) >= 11 is 1.84. The normalized spacial score (nSPS) is 25.3. The van der Waals surface area contributed by atoms with E-state index in [1.165, 1.54) is 0 Å². The second-order valence-corrected chi connectivity index (χ2v) is 5.62. The van der Waals surface area contributed by atoms with Gasteiger partial charge in [0.1, 0.15) is 0 Å². The number of carboxylic acid groups (broad SMARTS) is 1. The summed E-state index contributed by atoms with van der Waals surface area (Å²) in [6.45, 7) is 1.69. The largest absolute Gasteiger partial charge is 0.481 e. The highest BCUT2D eigenvalue weighted by molar-refractivity contribution is 7.99. The van der Waals surface area contributed by atoms with E-state index in [0.717, 1.165) is 19.3 Å². The van der Waals surface area contributed by atoms with Crippen molar-refractivity contribution >= 4 is 23.8 Å². The molecule has 1 rings (SSSR count). The van der Waals surface area contributed by atoms with E-state index in [1.54, 1.807) is 6.92 Å². The fourth-order valence-electron chi connectivity index (χ4n) is 2.05. The lowest BCUT2D eigenvalue weighted by molar-refractivity contribution is -0.137. The minimum Gasteiger partial charge on any atom is -0.481 e. The van der Waals surface area contributed by atoms with Crippen LogP contribution < -0.4 is 10.6 Å². The average molecular weight is 260 g/mol. The van der Waals surface area contributed by atoms with Crippen molar-refractivity contribution < 1.29 is 14.7 Å². The topological polar surface area (TPSA) is 78.4 Å². The van der Waals surface area contributed by atoms with Crippen molar-refractivity contribution in [3.8, 4) is 0 Å². The minimum absolute atomic E-state index is 0.0501. The van der Waals surface area contributed by atoms with Crippen molar-refractivity contribution in [3.63, 3.8) is 0 Å². The van der Waals surface area contributed by atoms with Crippen LogP contribution in [0.25, 0.3) is 0 Å². The van der Waals surface area contributed by atoms with Crippen molar-refractivity contribution in [2.75, 3.05) is 6.26 Å². The van der Waals surface area contributed by atoms with Gasteiger partial charge in [-0.15, -0.1) is 0 Å². The Morgan fingerprint density at radius 1 is 1.47 bits per heavy atom. The number of carbonyl (C=O) groups excluding carboxylic acids is 1. The number of carbonyl (C=O) groups is 2. The molecule has 0 aromatic carbocycles. The summed E-state index contributed by atoms with van der Waals surface area (Å²) in [6.07, 6.45) is 5.18. The van der Waals surface area contributed by atoms with Gasteiger partial charge >= 0.3 is 12.0 Å². The smallest absolute Gasteiger partial charge is 0.315 e. The lowest BCUT2D eigenvalue weighted by atomic mass is 10.2. The maximum Gasteiger partial charge on any atom is 0.315 e. The highest BCUT2D eigenvalue weighted by atomic mass is 32.2. The second kappa shape index (κ2) is 6.74. The van der Waals surface area contributed by atoms with Gasteiger partial charge in [0.2, 0.25) is 0 Å². The van der Waals surface area contributed by atoms with Gasteiger partial charge in [-0.05, 0) is 32.4 Å². The van der Waals surface area contributed by atoms with Gasteiger partial charge in [-0.2, -0.15) is 11.8 Å². The number of urea groups is 1. The van der Waals surface area contributed by atoms with E-state index in [-0.39, 0.29) is 24.5 Å². The molecule has 2 amide bonds. The van der Waals surface area contributed by atoms with Gasteiger partial charge in [-0.3, -0.25) is 4.79 Å². The van der Waals surface area contributed by atoms with Crippen LogP contribution in [-0.2, 0) is 4.79 Å². The third-order valence-electron chi connectivity index (χ3n) is 2.91. The van der Waals surface area contributed by atoms with Crippen LogP contribution in [0.15, 0.2) is 0 Å². The molecule has 1 aliphatic carbocycles. The number of hydrogen-bond donors (Lipinski definition) is 3. The quantitative estimate of drug-likeness (QED) is 0.699. The van der Waals surface area contributed by atoms with E-state index >= 15 is 0 Å². The van der Waals surface area contributed by atoms with Crippen molar-refractivity contribution in [1.29, 1.82) is 0 Å². The Hall–Kier alpha value is -0.910. The van der Waals surface area contributed by atoms with Gasteiger partial charge in [-0.1, -0.05) is 0 Å². The molecule has 3 atom stereocenters. The van der Waals surface area contributed by atoms with Crippen LogP contribution >= 0.6 is 11.8 Å². The molecule has 1 fully saturated rings. The summed E-state index contributed by atoms with van der Waals surface area (Å²) in [5, 5.41) is 14.7. The average Bonchev–Trinajstić information content (AvgIpc) is 2.63. The first-order valence-electron chi connectivity index (χ1n) is 5.83. The van der Waals surface area contributed by atoms with E-state index in [1.807, 2.05) is 11.8 Å². The summed E-state index contributed by atoms with van der Waals surface area (Å²) in [6, 6.07) is -0.375. The van der Waals surface area contributed by atoms with E-state index < -0.39 is 5.97 Å². The van der Waals surface area contributed by atoms with Crippen LogP contribution in [-0.4, -0.2) is 40.7 Å². The molecule has 1 saturated carbocycles. The van der Waals surface area contributed by atoms with E-state index in [0.29, 0.717) is 5.25 Å². The van der Waals surface area contributed by atoms with Crippen LogP contribution in [0.5, 0.6) is 0 Å². The Morgan fingerprint density at radius 3 is 2.71 bits per heavy atom. The fourth-order valence-corrected chi connectivity index (χ4v) is 2.85. The van der Waals surface area contributed by atoms with Crippen LogP contribution in [0, 0.1) is 0 Å². The maximum atomic E-state index is 11.6. The van der Waals surface area contributed by atoms with Gasteiger partial charge in [0.25, 0.3) is 0 Å². The molecule has 3 N–H and O–H groups in total. The summed E-state index contributed by atoms with van der Waals surface area (Å²) in [4.78, 5) is 22.0. The number of nitrogens with one attached hydrogen (secondary N) is 2. The van der Waals surface area contributed by atoms with Gasteiger partial charge in [-0.25, -0.2) is 4.79 Å². The number of thioether (sulfide) groups is 1.